The van der Waals surface area contributed by atoms with Crippen molar-refractivity contribution in [3.05, 3.63) is 70.6 Å². The van der Waals surface area contributed by atoms with Gasteiger partial charge in [0.15, 0.2) is 0 Å². The topological polar surface area (TPSA) is 98.2 Å². The second kappa shape index (κ2) is 10.6. The van der Waals surface area contributed by atoms with Crippen molar-refractivity contribution in [2.24, 2.45) is 17.0 Å². The van der Waals surface area contributed by atoms with Crippen LogP contribution in [0.1, 0.15) is 31.7 Å². The van der Waals surface area contributed by atoms with Crippen molar-refractivity contribution < 1.29 is 9.59 Å². The first-order valence-electron chi connectivity index (χ1n) is 10.6. The number of carbonyl (C=O) groups is 2. The fourth-order valence-electron chi connectivity index (χ4n) is 4.39. The van der Waals surface area contributed by atoms with Gasteiger partial charge in [-0.3, -0.25) is 9.59 Å². The number of nitrogens with one attached hydrogen (secondary N) is 1. The van der Waals surface area contributed by atoms with Crippen LogP contribution in [0, 0.1) is 11.8 Å². The van der Waals surface area contributed by atoms with Gasteiger partial charge in [0.25, 0.3) is 0 Å². The molecule has 1 heterocycles. The summed E-state index contributed by atoms with van der Waals surface area (Å²) in [7, 11) is 0. The first-order chi connectivity index (χ1) is 14.6. The molecule has 1 aromatic rings. The molecule has 1 aliphatic heterocycles. The second-order valence-corrected chi connectivity index (χ2v) is 7.85. The maximum Gasteiger partial charge on any atom is 0.243 e. The summed E-state index contributed by atoms with van der Waals surface area (Å²) in [6, 6.07) is 8.29. The molecule has 3 rings (SSSR count). The fraction of sp³-hybridized carbons (Fsp3) is 0.478. The van der Waals surface area contributed by atoms with Crippen LogP contribution in [0.4, 0.5) is 0 Å². The minimum Gasteiger partial charge on any atom is -0.355 e. The van der Waals surface area contributed by atoms with Crippen molar-refractivity contribution in [3.63, 3.8) is 0 Å². The van der Waals surface area contributed by atoms with Crippen LogP contribution >= 0.6 is 0 Å². The summed E-state index contributed by atoms with van der Waals surface area (Å²) in [6.07, 6.45) is 11.0. The molecule has 1 N–H and O–H groups in total. The molecule has 0 aromatic heterocycles. The van der Waals surface area contributed by atoms with E-state index in [0.29, 0.717) is 31.8 Å². The minimum absolute atomic E-state index is 0.173. The van der Waals surface area contributed by atoms with E-state index in [-0.39, 0.29) is 17.7 Å². The number of rotatable bonds is 7. The zero-order chi connectivity index (χ0) is 21.3. The van der Waals surface area contributed by atoms with Crippen molar-refractivity contribution in [1.29, 1.82) is 0 Å². The maximum atomic E-state index is 13.4. The van der Waals surface area contributed by atoms with Crippen molar-refractivity contribution in [2.75, 3.05) is 13.1 Å². The second-order valence-electron chi connectivity index (χ2n) is 7.85. The van der Waals surface area contributed by atoms with Gasteiger partial charge < -0.3 is 10.2 Å². The Morgan fingerprint density at radius 3 is 2.80 bits per heavy atom. The Balaban J connectivity index is 1.87. The Morgan fingerprint density at radius 1 is 1.33 bits per heavy atom. The van der Waals surface area contributed by atoms with Crippen LogP contribution in [-0.4, -0.2) is 41.9 Å². The molecule has 0 bridgehead atoms. The van der Waals surface area contributed by atoms with Crippen LogP contribution in [0.5, 0.6) is 0 Å². The zero-order valence-corrected chi connectivity index (χ0v) is 17.4. The predicted octanol–water partition coefficient (Wildman–Crippen LogP) is 3.78. The first kappa shape index (κ1) is 21.7. The Kier molecular flexibility index (Phi) is 7.69. The largest absolute Gasteiger partial charge is 0.355 e. The number of hydrogen-bond acceptors (Lipinski definition) is 3. The molecule has 7 nitrogen and oxygen atoms in total. The maximum absolute atomic E-state index is 13.4. The molecule has 1 fully saturated rings. The highest BCUT2D eigenvalue weighted by atomic mass is 16.2. The quantitative estimate of drug-likeness (QED) is 0.423. The van der Waals surface area contributed by atoms with Crippen molar-refractivity contribution >= 4 is 11.8 Å². The van der Waals surface area contributed by atoms with Gasteiger partial charge in [0.05, 0.1) is 0 Å². The normalized spacial score (nSPS) is 24.6. The lowest BCUT2D eigenvalue weighted by molar-refractivity contribution is -0.140. The molecule has 0 saturated carbocycles. The summed E-state index contributed by atoms with van der Waals surface area (Å²) in [5.41, 5.74) is 10.1. The molecule has 4 unspecified atom stereocenters. The Labute approximate surface area is 177 Å². The van der Waals surface area contributed by atoms with Gasteiger partial charge in [-0.2, -0.15) is 0 Å². The van der Waals surface area contributed by atoms with Crippen LogP contribution < -0.4 is 5.32 Å². The number of benzene rings is 1. The van der Waals surface area contributed by atoms with Gasteiger partial charge in [-0.05, 0) is 49.1 Å². The summed E-state index contributed by atoms with van der Waals surface area (Å²) in [5, 5.41) is 6.70. The van der Waals surface area contributed by atoms with Gasteiger partial charge in [0.2, 0.25) is 11.8 Å². The third-order valence-corrected chi connectivity index (χ3v) is 5.95. The molecule has 1 saturated heterocycles. The SMILES string of the molecule is CCNC(=O)C(Cc1ccccc1)N1CCC(C2C=CC=CC2)CC(N=[N+]=[N-])C1=O. The monoisotopic (exact) mass is 407 g/mol. The standard InChI is InChI=1S/C23H29N5O2/c1-2-25-22(29)21(15-17-9-5-3-6-10-17)28-14-13-19(18-11-7-4-8-12-18)16-20(23(28)30)26-27-24/h3-11,18-21H,2,12-16H2,1H3,(H,25,29). The molecule has 0 radical (unpaired) electrons. The van der Waals surface area contributed by atoms with E-state index < -0.39 is 12.1 Å². The number of nitrogens with zero attached hydrogens (tertiary/aromatic N) is 4. The number of azide groups is 1. The molecule has 4 atom stereocenters. The van der Waals surface area contributed by atoms with E-state index in [1.54, 1.807) is 4.90 Å². The van der Waals surface area contributed by atoms with E-state index in [9.17, 15) is 9.59 Å². The Hall–Kier alpha value is -3.05. The highest BCUT2D eigenvalue weighted by Crippen LogP contribution is 2.33. The van der Waals surface area contributed by atoms with Crippen molar-refractivity contribution in [3.8, 4) is 0 Å². The van der Waals surface area contributed by atoms with Crippen molar-refractivity contribution in [1.82, 2.24) is 10.2 Å². The van der Waals surface area contributed by atoms with Crippen LogP contribution in [0.2, 0.25) is 0 Å². The van der Waals surface area contributed by atoms with Gasteiger partial charge in [0, 0.05) is 24.4 Å². The summed E-state index contributed by atoms with van der Waals surface area (Å²) in [5.74, 6) is 0.115. The number of likely N-dealkylation sites (N-methyl/N-ethyl adjacent to an activating group) is 1. The van der Waals surface area contributed by atoms with E-state index in [0.717, 1.165) is 18.4 Å². The smallest absolute Gasteiger partial charge is 0.243 e. The lowest BCUT2D eigenvalue weighted by Gasteiger charge is -2.31. The highest BCUT2D eigenvalue weighted by Gasteiger charge is 2.38. The molecular weight excluding hydrogens is 378 g/mol. The van der Waals surface area contributed by atoms with Gasteiger partial charge >= 0.3 is 0 Å². The Morgan fingerprint density at radius 2 is 2.13 bits per heavy atom. The van der Waals surface area contributed by atoms with E-state index in [1.807, 2.05) is 49.4 Å². The highest BCUT2D eigenvalue weighted by molar-refractivity contribution is 5.90. The number of allylic oxidation sites excluding steroid dienone is 4. The van der Waals surface area contributed by atoms with E-state index in [2.05, 4.69) is 27.5 Å². The van der Waals surface area contributed by atoms with Gasteiger partial charge in [-0.15, -0.1) is 0 Å². The molecule has 1 aromatic carbocycles. The predicted molar refractivity (Wildman–Crippen MR) is 116 cm³/mol. The lowest BCUT2D eigenvalue weighted by Crippen LogP contribution is -2.52. The number of carbonyl (C=O) groups excluding carboxylic acids is 2. The molecule has 30 heavy (non-hydrogen) atoms. The number of amides is 2. The third-order valence-electron chi connectivity index (χ3n) is 5.95. The van der Waals surface area contributed by atoms with Crippen molar-refractivity contribution in [2.45, 2.75) is 44.7 Å². The molecule has 158 valence electrons. The molecule has 7 heteroatoms. The van der Waals surface area contributed by atoms with Crippen LogP contribution in [0.25, 0.3) is 10.4 Å². The summed E-state index contributed by atoms with van der Waals surface area (Å²) in [6.45, 7) is 2.83. The van der Waals surface area contributed by atoms with E-state index in [1.165, 1.54) is 0 Å². The molecule has 2 amide bonds. The third kappa shape index (κ3) is 5.30. The molecule has 0 spiro atoms. The van der Waals surface area contributed by atoms with Gasteiger partial charge in [-0.1, -0.05) is 59.8 Å². The van der Waals surface area contributed by atoms with Gasteiger partial charge in [-0.25, -0.2) is 0 Å². The molecule has 2 aliphatic rings. The Bertz CT molecular complexity index is 844. The number of hydrogen-bond donors (Lipinski definition) is 1. The first-order valence-corrected chi connectivity index (χ1v) is 10.6. The van der Waals surface area contributed by atoms with Crippen LogP contribution in [0.3, 0.4) is 0 Å². The van der Waals surface area contributed by atoms with Crippen LogP contribution in [0.15, 0.2) is 59.8 Å². The summed E-state index contributed by atoms with van der Waals surface area (Å²) >= 11 is 0. The molecular formula is C23H29N5O2. The van der Waals surface area contributed by atoms with E-state index >= 15 is 0 Å². The van der Waals surface area contributed by atoms with E-state index in [4.69, 9.17) is 5.53 Å². The van der Waals surface area contributed by atoms with Crippen LogP contribution in [-0.2, 0) is 16.0 Å². The fourth-order valence-corrected chi connectivity index (χ4v) is 4.39. The zero-order valence-electron chi connectivity index (χ0n) is 17.4. The lowest BCUT2D eigenvalue weighted by atomic mass is 9.81. The average molecular weight is 408 g/mol. The summed E-state index contributed by atoms with van der Waals surface area (Å²) < 4.78 is 0. The molecule has 1 aliphatic carbocycles. The average Bonchev–Trinajstić information content (AvgIpc) is 2.93. The minimum atomic E-state index is -0.783. The number of likely N-dealkylation sites (tertiary alicyclic amines) is 1. The summed E-state index contributed by atoms with van der Waals surface area (Å²) in [4.78, 5) is 30.9. The van der Waals surface area contributed by atoms with Gasteiger partial charge in [0.1, 0.15) is 12.1 Å².